The Kier molecular flexibility index (Phi) is 5.48. The molecule has 1 saturated heterocycles. The van der Waals surface area contributed by atoms with Crippen LogP contribution in [-0.2, 0) is 6.54 Å². The fourth-order valence-electron chi connectivity index (χ4n) is 2.93. The van der Waals surface area contributed by atoms with Crippen LogP contribution in [0.15, 0.2) is 18.2 Å². The summed E-state index contributed by atoms with van der Waals surface area (Å²) in [5.41, 5.74) is 1.55. The van der Waals surface area contributed by atoms with Crippen LogP contribution in [0.3, 0.4) is 0 Å². The number of nitrogens with one attached hydrogen (secondary N) is 1. The van der Waals surface area contributed by atoms with Crippen molar-refractivity contribution in [2.24, 2.45) is 5.41 Å². The summed E-state index contributed by atoms with van der Waals surface area (Å²) < 4.78 is 10.8. The van der Waals surface area contributed by atoms with Gasteiger partial charge in [0.2, 0.25) is 0 Å². The Morgan fingerprint density at radius 3 is 2.52 bits per heavy atom. The lowest BCUT2D eigenvalue weighted by Gasteiger charge is -2.38. The van der Waals surface area contributed by atoms with Gasteiger partial charge in [0.05, 0.1) is 14.2 Å². The molecule has 0 aliphatic carbocycles. The van der Waals surface area contributed by atoms with E-state index in [1.807, 2.05) is 12.1 Å². The third-order valence-corrected chi connectivity index (χ3v) is 4.55. The van der Waals surface area contributed by atoms with Gasteiger partial charge in [-0.1, -0.05) is 19.1 Å². The van der Waals surface area contributed by atoms with Crippen LogP contribution in [0.1, 0.15) is 25.3 Å². The fraction of sp³-hybridized carbons (Fsp3) is 0.647. The zero-order valence-corrected chi connectivity index (χ0v) is 13.7. The highest BCUT2D eigenvalue weighted by Gasteiger charge is 2.28. The van der Waals surface area contributed by atoms with Crippen molar-refractivity contribution in [2.75, 3.05) is 40.9 Å². The molecule has 1 fully saturated rings. The van der Waals surface area contributed by atoms with Crippen LogP contribution in [-0.4, -0.2) is 45.8 Å². The number of hydrogen-bond acceptors (Lipinski definition) is 4. The molecule has 1 aliphatic rings. The molecule has 21 heavy (non-hydrogen) atoms. The van der Waals surface area contributed by atoms with Crippen molar-refractivity contribution in [2.45, 2.75) is 26.3 Å². The highest BCUT2D eigenvalue weighted by atomic mass is 16.5. The largest absolute Gasteiger partial charge is 0.493 e. The van der Waals surface area contributed by atoms with E-state index in [1.54, 1.807) is 14.2 Å². The standard InChI is InChI=1S/C17H28N2O2/c1-17(8-10-19(2)11-9-17)13-18-12-14-6-5-7-15(20-3)16(14)21-4/h5-7,18H,8-13H2,1-4H3. The summed E-state index contributed by atoms with van der Waals surface area (Å²) in [4.78, 5) is 2.41. The first-order valence-corrected chi connectivity index (χ1v) is 7.67. The quantitative estimate of drug-likeness (QED) is 0.873. The predicted octanol–water partition coefficient (Wildman–Crippen LogP) is 2.53. The first kappa shape index (κ1) is 16.1. The van der Waals surface area contributed by atoms with Crippen molar-refractivity contribution < 1.29 is 9.47 Å². The Morgan fingerprint density at radius 1 is 1.19 bits per heavy atom. The lowest BCUT2D eigenvalue weighted by Crippen LogP contribution is -2.41. The molecule has 1 aromatic rings. The maximum absolute atomic E-state index is 5.48. The van der Waals surface area contributed by atoms with Gasteiger partial charge < -0.3 is 19.7 Å². The van der Waals surface area contributed by atoms with Crippen molar-refractivity contribution in [3.63, 3.8) is 0 Å². The summed E-state index contributed by atoms with van der Waals surface area (Å²) in [6.45, 7) is 6.63. The third-order valence-electron chi connectivity index (χ3n) is 4.55. The summed E-state index contributed by atoms with van der Waals surface area (Å²) in [6, 6.07) is 6.03. The van der Waals surface area contributed by atoms with E-state index in [4.69, 9.17) is 9.47 Å². The third kappa shape index (κ3) is 4.11. The minimum absolute atomic E-state index is 0.401. The molecule has 1 heterocycles. The highest BCUT2D eigenvalue weighted by Crippen LogP contribution is 2.32. The molecule has 118 valence electrons. The van der Waals surface area contributed by atoms with Gasteiger partial charge in [-0.15, -0.1) is 0 Å². The first-order valence-electron chi connectivity index (χ1n) is 7.67. The maximum atomic E-state index is 5.48. The molecule has 0 spiro atoms. The number of nitrogens with zero attached hydrogens (tertiary/aromatic N) is 1. The number of likely N-dealkylation sites (tertiary alicyclic amines) is 1. The molecule has 0 unspecified atom stereocenters. The monoisotopic (exact) mass is 292 g/mol. The molecule has 4 heteroatoms. The molecule has 4 nitrogen and oxygen atoms in total. The number of benzene rings is 1. The smallest absolute Gasteiger partial charge is 0.165 e. The summed E-state index contributed by atoms with van der Waals surface area (Å²) in [5.74, 6) is 1.63. The van der Waals surface area contributed by atoms with E-state index in [2.05, 4.69) is 30.3 Å². The van der Waals surface area contributed by atoms with Crippen molar-refractivity contribution in [3.05, 3.63) is 23.8 Å². The van der Waals surface area contributed by atoms with Crippen LogP contribution in [0.4, 0.5) is 0 Å². The van der Waals surface area contributed by atoms with Gasteiger partial charge in [-0.3, -0.25) is 0 Å². The molecule has 0 radical (unpaired) electrons. The first-order chi connectivity index (χ1) is 10.1. The van der Waals surface area contributed by atoms with Crippen molar-refractivity contribution in [3.8, 4) is 11.5 Å². The Hall–Kier alpha value is -1.26. The predicted molar refractivity (Wildman–Crippen MR) is 86.1 cm³/mol. The topological polar surface area (TPSA) is 33.7 Å². The van der Waals surface area contributed by atoms with E-state index in [0.29, 0.717) is 5.41 Å². The van der Waals surface area contributed by atoms with Crippen LogP contribution >= 0.6 is 0 Å². The molecule has 2 rings (SSSR count). The molecule has 0 amide bonds. The van der Waals surface area contributed by atoms with Gasteiger partial charge in [-0.2, -0.15) is 0 Å². The number of rotatable bonds is 6. The van der Waals surface area contributed by atoms with Gasteiger partial charge in [0, 0.05) is 18.7 Å². The molecule has 1 aliphatic heterocycles. The van der Waals surface area contributed by atoms with Crippen molar-refractivity contribution >= 4 is 0 Å². The van der Waals surface area contributed by atoms with Crippen LogP contribution < -0.4 is 14.8 Å². The Bertz CT molecular complexity index is 454. The summed E-state index contributed by atoms with van der Waals surface area (Å²) >= 11 is 0. The van der Waals surface area contributed by atoms with Crippen LogP contribution in [0, 0.1) is 5.41 Å². The molecule has 1 aromatic carbocycles. The highest BCUT2D eigenvalue weighted by molar-refractivity contribution is 5.46. The second-order valence-electron chi connectivity index (χ2n) is 6.37. The van der Waals surface area contributed by atoms with Crippen molar-refractivity contribution in [1.29, 1.82) is 0 Å². The van der Waals surface area contributed by atoms with E-state index in [0.717, 1.165) is 30.2 Å². The van der Waals surface area contributed by atoms with E-state index >= 15 is 0 Å². The van der Waals surface area contributed by atoms with Crippen LogP contribution in [0.5, 0.6) is 11.5 Å². The van der Waals surface area contributed by atoms with Gasteiger partial charge in [-0.25, -0.2) is 0 Å². The lowest BCUT2D eigenvalue weighted by atomic mass is 9.80. The second-order valence-corrected chi connectivity index (χ2v) is 6.37. The number of hydrogen-bond donors (Lipinski definition) is 1. The zero-order chi connectivity index (χ0) is 15.3. The normalized spacial score (nSPS) is 18.5. The fourth-order valence-corrected chi connectivity index (χ4v) is 2.93. The van der Waals surface area contributed by atoms with Gasteiger partial charge in [0.15, 0.2) is 11.5 Å². The molecule has 0 aromatic heterocycles. The maximum Gasteiger partial charge on any atom is 0.165 e. The van der Waals surface area contributed by atoms with Crippen LogP contribution in [0.25, 0.3) is 0 Å². The molecular weight excluding hydrogens is 264 g/mol. The average molecular weight is 292 g/mol. The minimum Gasteiger partial charge on any atom is -0.493 e. The molecule has 0 saturated carbocycles. The molecule has 1 N–H and O–H groups in total. The second kappa shape index (κ2) is 7.14. The molecule has 0 atom stereocenters. The Morgan fingerprint density at radius 2 is 1.90 bits per heavy atom. The summed E-state index contributed by atoms with van der Waals surface area (Å²) in [5, 5.41) is 3.60. The van der Waals surface area contributed by atoms with Gasteiger partial charge in [0.1, 0.15) is 0 Å². The Balaban J connectivity index is 1.91. The number of para-hydroxylation sites is 1. The summed E-state index contributed by atoms with van der Waals surface area (Å²) in [6.07, 6.45) is 2.51. The zero-order valence-electron chi connectivity index (χ0n) is 13.7. The van der Waals surface area contributed by atoms with E-state index < -0.39 is 0 Å². The lowest BCUT2D eigenvalue weighted by molar-refractivity contribution is 0.136. The van der Waals surface area contributed by atoms with Crippen LogP contribution in [0.2, 0.25) is 0 Å². The number of piperidine rings is 1. The van der Waals surface area contributed by atoms with E-state index in [-0.39, 0.29) is 0 Å². The molecule has 0 bridgehead atoms. The minimum atomic E-state index is 0.401. The van der Waals surface area contributed by atoms with Gasteiger partial charge in [-0.05, 0) is 44.5 Å². The van der Waals surface area contributed by atoms with Gasteiger partial charge in [0.25, 0.3) is 0 Å². The van der Waals surface area contributed by atoms with E-state index in [1.165, 1.54) is 25.9 Å². The molecular formula is C17H28N2O2. The number of methoxy groups -OCH3 is 2. The van der Waals surface area contributed by atoms with Crippen molar-refractivity contribution in [1.82, 2.24) is 10.2 Å². The SMILES string of the molecule is COc1cccc(CNCC2(C)CCN(C)CC2)c1OC. The van der Waals surface area contributed by atoms with E-state index in [9.17, 15) is 0 Å². The Labute approximate surface area is 128 Å². The van der Waals surface area contributed by atoms with Gasteiger partial charge >= 0.3 is 0 Å². The average Bonchev–Trinajstić information content (AvgIpc) is 2.50. The number of ether oxygens (including phenoxy) is 2. The summed E-state index contributed by atoms with van der Waals surface area (Å²) in [7, 11) is 5.57.